The fourth-order valence-corrected chi connectivity index (χ4v) is 10.5. The molecule has 0 aliphatic heterocycles. The highest BCUT2D eigenvalue weighted by molar-refractivity contribution is 14.1. The molecule has 0 unspecified atom stereocenters. The summed E-state index contributed by atoms with van der Waals surface area (Å²) < 4.78 is 140. The molecule has 302 valence electrons. The Kier molecular flexibility index (Phi) is 11.2. The number of halogens is 2. The van der Waals surface area contributed by atoms with Crippen molar-refractivity contribution in [2.45, 2.75) is 19.6 Å². The number of hydrogen-bond acceptors (Lipinski definition) is 16. The van der Waals surface area contributed by atoms with Crippen LogP contribution in [0.5, 0.6) is 11.5 Å². The predicted molar refractivity (Wildman–Crippen MR) is 225 cm³/mol. The highest BCUT2D eigenvalue weighted by Crippen LogP contribution is 2.45. The fraction of sp³-hybridized carbons (Fsp3) is 0. The van der Waals surface area contributed by atoms with Gasteiger partial charge in [0.1, 0.15) is 42.5 Å². The van der Waals surface area contributed by atoms with E-state index in [1.54, 1.807) is 45.2 Å². The largest absolute Gasteiger partial charge is 0.507 e. The molecule has 0 heterocycles. The quantitative estimate of drug-likeness (QED) is 0.0305. The number of nitrogen functional groups attached to an aromatic ring is 2. The molecule has 0 spiro atoms. The molecule has 0 amide bonds. The SMILES string of the molecule is Nc1c(N=Nc2ccc(-c3ccc(N=Nc4cc(S(=O)(=O)O)c5c(I)ccc(O)c5c4N)cc3S(=O)(=O)O)c(S(=O)(=O)O)c2)cc(S(=O)(=O)O)c2c(I)ccc(O)c12. The Hall–Kier alpha value is -4.66. The molecule has 0 saturated carbocycles. The summed E-state index contributed by atoms with van der Waals surface area (Å²) in [5, 5.41) is 35.8. The van der Waals surface area contributed by atoms with Crippen molar-refractivity contribution >= 4 is 141 Å². The number of phenols is 2. The third-order valence-electron chi connectivity index (χ3n) is 8.26. The van der Waals surface area contributed by atoms with E-state index in [4.69, 9.17) is 11.5 Å². The van der Waals surface area contributed by atoms with Crippen molar-refractivity contribution in [1.29, 1.82) is 0 Å². The van der Waals surface area contributed by atoms with E-state index in [1.165, 1.54) is 24.3 Å². The van der Waals surface area contributed by atoms with Gasteiger partial charge in [0.15, 0.2) is 0 Å². The van der Waals surface area contributed by atoms with Crippen LogP contribution in [0.4, 0.5) is 34.1 Å². The summed E-state index contributed by atoms with van der Waals surface area (Å²) in [6.45, 7) is 0. The van der Waals surface area contributed by atoms with E-state index >= 15 is 0 Å². The Balaban J connectivity index is 1.46. The van der Waals surface area contributed by atoms with Gasteiger partial charge in [-0.1, -0.05) is 12.1 Å². The number of hydrogen-bond donors (Lipinski definition) is 8. The van der Waals surface area contributed by atoms with E-state index in [-0.39, 0.29) is 55.7 Å². The second-order valence-corrected chi connectivity index (χ2v) is 19.8. The first-order valence-corrected chi connectivity index (χ1v) is 23.2. The minimum atomic E-state index is -5.22. The van der Waals surface area contributed by atoms with Gasteiger partial charge in [0.05, 0.1) is 33.5 Å². The molecule has 6 aromatic rings. The summed E-state index contributed by atoms with van der Waals surface area (Å²) in [7, 11) is -20.3. The van der Waals surface area contributed by atoms with Gasteiger partial charge in [0.25, 0.3) is 40.5 Å². The van der Waals surface area contributed by atoms with E-state index in [9.17, 15) is 62.1 Å². The number of rotatable bonds is 9. The maximum Gasteiger partial charge on any atom is 0.295 e. The van der Waals surface area contributed by atoms with Gasteiger partial charge in [-0.05, 0) is 106 Å². The second kappa shape index (κ2) is 15.2. The first-order chi connectivity index (χ1) is 26.8. The van der Waals surface area contributed by atoms with Crippen LogP contribution in [0.25, 0.3) is 32.7 Å². The molecule has 0 radical (unpaired) electrons. The van der Waals surface area contributed by atoms with Crippen LogP contribution in [-0.4, -0.2) is 62.1 Å². The zero-order valence-electron chi connectivity index (χ0n) is 28.2. The fourth-order valence-electron chi connectivity index (χ4n) is 5.78. The third-order valence-corrected chi connectivity index (χ3v) is 13.6. The Bertz CT molecular complexity index is 3090. The molecule has 6 aromatic carbocycles. The Morgan fingerprint density at radius 3 is 1.07 bits per heavy atom. The van der Waals surface area contributed by atoms with E-state index < -0.39 is 82.7 Å². The lowest BCUT2D eigenvalue weighted by atomic mass is 10.0. The van der Waals surface area contributed by atoms with Crippen LogP contribution >= 0.6 is 45.2 Å². The molecule has 0 aliphatic carbocycles. The van der Waals surface area contributed by atoms with E-state index in [0.29, 0.717) is 7.14 Å². The molecule has 0 bridgehead atoms. The molecule has 0 saturated heterocycles. The highest BCUT2D eigenvalue weighted by atomic mass is 127. The summed E-state index contributed by atoms with van der Waals surface area (Å²) in [4.78, 5) is -3.26. The van der Waals surface area contributed by atoms with Crippen LogP contribution in [0.1, 0.15) is 0 Å². The summed E-state index contributed by atoms with van der Waals surface area (Å²) in [6, 6.07) is 12.6. The molecule has 10 N–H and O–H groups in total. The van der Waals surface area contributed by atoms with E-state index in [1.807, 2.05) is 0 Å². The van der Waals surface area contributed by atoms with Crippen molar-refractivity contribution in [2.24, 2.45) is 20.5 Å². The number of azo groups is 2. The third kappa shape index (κ3) is 8.28. The van der Waals surface area contributed by atoms with Gasteiger partial charge in [-0.15, -0.1) is 10.2 Å². The number of phenolic OH excluding ortho intramolecular Hbond substituents is 2. The van der Waals surface area contributed by atoms with Gasteiger partial charge < -0.3 is 21.7 Å². The summed E-state index contributed by atoms with van der Waals surface area (Å²) in [5.41, 5.74) is 9.39. The maximum absolute atomic E-state index is 12.6. The van der Waals surface area contributed by atoms with Crippen molar-refractivity contribution in [3.63, 3.8) is 0 Å². The lowest BCUT2D eigenvalue weighted by molar-refractivity contribution is 0.479. The normalized spacial score (nSPS) is 13.0. The molecular weight excluding hydrogens is 1070 g/mol. The average Bonchev–Trinajstić information content (AvgIpc) is 3.11. The van der Waals surface area contributed by atoms with Crippen molar-refractivity contribution in [3.05, 3.63) is 79.9 Å². The first kappa shape index (κ1) is 42.9. The van der Waals surface area contributed by atoms with Crippen LogP contribution < -0.4 is 11.5 Å². The molecular formula is C32H22I2N6O14S4. The number of fused-ring (bicyclic) bond motifs is 2. The predicted octanol–water partition coefficient (Wildman–Crippen LogP) is 7.26. The number of anilines is 2. The van der Waals surface area contributed by atoms with Crippen molar-refractivity contribution in [1.82, 2.24) is 0 Å². The van der Waals surface area contributed by atoms with Gasteiger partial charge in [-0.25, -0.2) is 0 Å². The van der Waals surface area contributed by atoms with Crippen molar-refractivity contribution in [2.75, 3.05) is 11.5 Å². The second-order valence-electron chi connectivity index (χ2n) is 11.9. The minimum absolute atomic E-state index is 0.112. The monoisotopic (exact) mass is 1100 g/mol. The zero-order chi connectivity index (χ0) is 42.9. The van der Waals surface area contributed by atoms with Gasteiger partial charge in [0.2, 0.25) is 0 Å². The Morgan fingerprint density at radius 2 is 0.759 bits per heavy atom. The molecule has 0 fully saturated rings. The molecule has 0 aliphatic rings. The maximum atomic E-state index is 12.6. The smallest absolute Gasteiger partial charge is 0.295 e. The highest BCUT2D eigenvalue weighted by Gasteiger charge is 2.27. The molecule has 0 aromatic heterocycles. The van der Waals surface area contributed by atoms with Gasteiger partial charge >= 0.3 is 0 Å². The van der Waals surface area contributed by atoms with E-state index in [0.717, 1.165) is 48.5 Å². The van der Waals surface area contributed by atoms with Gasteiger partial charge in [0, 0.05) is 29.0 Å². The number of nitrogens with zero attached hydrogens (tertiary/aromatic N) is 4. The average molecular weight is 1100 g/mol. The lowest BCUT2D eigenvalue weighted by Crippen LogP contribution is -2.05. The molecule has 58 heavy (non-hydrogen) atoms. The van der Waals surface area contributed by atoms with E-state index in [2.05, 4.69) is 20.5 Å². The standard InChI is InChI=1S/C32H22I2N6O14S4/c33-17-5-7-21(41)29-27(17)25(57(49,50)51)11-19(31(29)35)39-37-13-1-3-15(23(9-13)55(43,44)45)16-4-2-14(10-24(16)56(46,47)48)38-40-20-12-26(58(52,53)54)28-18(34)6-8-22(42)30(28)32(20)36/h1-12,41-42H,35-36H2,(H,43,44,45)(H,46,47,48)(H,49,50,51)(H,52,53,54). The summed E-state index contributed by atoms with van der Waals surface area (Å²) >= 11 is 3.53. The zero-order valence-corrected chi connectivity index (χ0v) is 35.8. The number of benzene rings is 6. The first-order valence-electron chi connectivity index (χ1n) is 15.3. The van der Waals surface area contributed by atoms with Crippen LogP contribution in [0.2, 0.25) is 0 Å². The van der Waals surface area contributed by atoms with Gasteiger partial charge in [-0.2, -0.15) is 43.9 Å². The summed E-state index contributed by atoms with van der Waals surface area (Å²) in [6.07, 6.45) is 0. The Morgan fingerprint density at radius 1 is 0.431 bits per heavy atom. The van der Waals surface area contributed by atoms with Crippen molar-refractivity contribution in [3.8, 4) is 22.6 Å². The topological polar surface area (TPSA) is 359 Å². The van der Waals surface area contributed by atoms with Crippen LogP contribution in [0.3, 0.4) is 0 Å². The van der Waals surface area contributed by atoms with Crippen molar-refractivity contribution < 1.29 is 62.1 Å². The Labute approximate surface area is 354 Å². The van der Waals surface area contributed by atoms with Crippen LogP contribution in [0, 0.1) is 7.14 Å². The van der Waals surface area contributed by atoms with Crippen LogP contribution in [0.15, 0.2) is 113 Å². The number of nitrogens with two attached hydrogens (primary N) is 2. The van der Waals surface area contributed by atoms with Crippen LogP contribution in [-0.2, 0) is 40.5 Å². The summed E-state index contributed by atoms with van der Waals surface area (Å²) in [5.74, 6) is -0.927. The number of aromatic hydroxyl groups is 2. The molecule has 0 atom stereocenters. The van der Waals surface area contributed by atoms with Gasteiger partial charge in [-0.3, -0.25) is 18.2 Å². The molecule has 20 nitrogen and oxygen atoms in total. The lowest BCUT2D eigenvalue weighted by Gasteiger charge is -2.13. The minimum Gasteiger partial charge on any atom is -0.507 e. The molecule has 6 rings (SSSR count). The molecule has 26 heteroatoms.